The van der Waals surface area contributed by atoms with Crippen LogP contribution in [-0.4, -0.2) is 44.5 Å². The van der Waals surface area contributed by atoms with E-state index in [9.17, 15) is 18.0 Å². The maximum absolute atomic E-state index is 11.7. The third kappa shape index (κ3) is 4.81. The van der Waals surface area contributed by atoms with Gasteiger partial charge < -0.3 is 16.2 Å². The van der Waals surface area contributed by atoms with E-state index < -0.39 is 27.9 Å². The van der Waals surface area contributed by atoms with E-state index in [4.69, 9.17) is 10.8 Å². The van der Waals surface area contributed by atoms with Gasteiger partial charge >= 0.3 is 0 Å². The number of aliphatic hydroxyl groups excluding tert-OH is 1. The molecule has 1 aromatic rings. The van der Waals surface area contributed by atoms with Gasteiger partial charge in [-0.05, 0) is 24.3 Å². The topological polar surface area (TPSA) is 139 Å². The molecular weight excluding hydrogens is 298 g/mol. The number of carbonyl (C=O) groups is 2. The molecule has 0 aliphatic rings. The first-order valence-corrected chi connectivity index (χ1v) is 7.61. The number of aliphatic hydroxyl groups is 1. The molecule has 1 unspecified atom stereocenters. The molecule has 1 aromatic carbocycles. The van der Waals surface area contributed by atoms with Crippen molar-refractivity contribution in [3.05, 3.63) is 29.8 Å². The summed E-state index contributed by atoms with van der Waals surface area (Å²) in [4.78, 5) is 22.4. The highest BCUT2D eigenvalue weighted by atomic mass is 32.2. The van der Waals surface area contributed by atoms with Crippen molar-refractivity contribution in [1.29, 1.82) is 0 Å². The molecule has 9 heteroatoms. The van der Waals surface area contributed by atoms with Crippen molar-refractivity contribution in [2.45, 2.75) is 17.9 Å². The van der Waals surface area contributed by atoms with Gasteiger partial charge in [0, 0.05) is 12.1 Å². The lowest BCUT2D eigenvalue weighted by Gasteiger charge is -2.09. The Hall–Kier alpha value is -1.97. The predicted octanol–water partition coefficient (Wildman–Crippen LogP) is -1.44. The van der Waals surface area contributed by atoms with Crippen molar-refractivity contribution in [2.24, 2.45) is 5.73 Å². The summed E-state index contributed by atoms with van der Waals surface area (Å²) in [6.07, 6.45) is -1.47. The molecule has 1 rings (SSSR count). The molecular formula is C12H17N3O5S. The maximum atomic E-state index is 11.7. The van der Waals surface area contributed by atoms with Gasteiger partial charge in [0.25, 0.3) is 5.91 Å². The quantitative estimate of drug-likeness (QED) is 0.488. The van der Waals surface area contributed by atoms with Crippen LogP contribution in [0.2, 0.25) is 0 Å². The first kappa shape index (κ1) is 17.1. The van der Waals surface area contributed by atoms with Gasteiger partial charge in [-0.3, -0.25) is 9.59 Å². The molecule has 0 saturated heterocycles. The lowest BCUT2D eigenvalue weighted by Crippen LogP contribution is -2.39. The normalized spacial score (nSPS) is 12.7. The zero-order valence-electron chi connectivity index (χ0n) is 11.4. The summed E-state index contributed by atoms with van der Waals surface area (Å²) in [6.45, 7) is 1.60. The van der Waals surface area contributed by atoms with Crippen molar-refractivity contribution in [3.63, 3.8) is 0 Å². The van der Waals surface area contributed by atoms with Crippen LogP contribution in [-0.2, 0) is 14.8 Å². The number of benzene rings is 1. The Balaban J connectivity index is 2.74. The molecule has 0 spiro atoms. The molecule has 0 aliphatic heterocycles. The highest BCUT2D eigenvalue weighted by Gasteiger charge is 2.15. The molecule has 21 heavy (non-hydrogen) atoms. The van der Waals surface area contributed by atoms with Crippen LogP contribution in [0.15, 0.2) is 29.2 Å². The summed E-state index contributed by atoms with van der Waals surface area (Å²) in [5.74, 6) is -1.50. The molecule has 0 aliphatic carbocycles. The molecule has 0 aromatic heterocycles. The van der Waals surface area contributed by atoms with Crippen molar-refractivity contribution in [2.75, 3.05) is 13.1 Å². The summed E-state index contributed by atoms with van der Waals surface area (Å²) in [5.41, 5.74) is 5.04. The van der Waals surface area contributed by atoms with Crippen molar-refractivity contribution < 1.29 is 23.1 Å². The fraction of sp³-hybridized carbons (Fsp3) is 0.333. The number of sulfonamides is 1. The minimum atomic E-state index is -3.57. The average molecular weight is 315 g/mol. The Bertz CT molecular complexity index is 612. The fourth-order valence-electron chi connectivity index (χ4n) is 1.45. The number of rotatable bonds is 7. The number of nitrogens with two attached hydrogens (primary N) is 1. The SMILES string of the molecule is CCNS(=O)(=O)c1ccc(C(=O)NCC(O)C(N)=O)cc1. The van der Waals surface area contributed by atoms with Gasteiger partial charge in [-0.2, -0.15) is 0 Å². The molecule has 1 atom stereocenters. The van der Waals surface area contributed by atoms with E-state index in [1.165, 1.54) is 24.3 Å². The van der Waals surface area contributed by atoms with Gasteiger partial charge in [0.15, 0.2) is 0 Å². The standard InChI is InChI=1S/C12H17N3O5S/c1-2-15-21(19,20)9-5-3-8(4-6-9)12(18)14-7-10(16)11(13)17/h3-6,10,15-16H,2,7H2,1H3,(H2,13,17)(H,14,18). The molecule has 8 nitrogen and oxygen atoms in total. The average Bonchev–Trinajstić information content (AvgIpc) is 2.44. The molecule has 5 N–H and O–H groups in total. The second-order valence-electron chi connectivity index (χ2n) is 4.15. The van der Waals surface area contributed by atoms with Crippen LogP contribution in [0.5, 0.6) is 0 Å². The number of nitrogens with one attached hydrogen (secondary N) is 2. The van der Waals surface area contributed by atoms with E-state index in [-0.39, 0.29) is 23.5 Å². The molecule has 116 valence electrons. The van der Waals surface area contributed by atoms with Gasteiger partial charge in [-0.1, -0.05) is 6.92 Å². The first-order valence-electron chi connectivity index (χ1n) is 6.13. The summed E-state index contributed by atoms with van der Waals surface area (Å²) < 4.78 is 25.7. The third-order valence-electron chi connectivity index (χ3n) is 2.55. The number of primary amides is 1. The second-order valence-corrected chi connectivity index (χ2v) is 5.92. The number of amides is 2. The highest BCUT2D eigenvalue weighted by molar-refractivity contribution is 7.89. The summed E-state index contributed by atoms with van der Waals surface area (Å²) in [7, 11) is -3.57. The van der Waals surface area contributed by atoms with Crippen molar-refractivity contribution in [1.82, 2.24) is 10.0 Å². The van der Waals surface area contributed by atoms with E-state index in [1.807, 2.05) is 0 Å². The molecule has 0 fully saturated rings. The van der Waals surface area contributed by atoms with E-state index in [0.717, 1.165) is 0 Å². The Labute approximate surface area is 122 Å². The first-order chi connectivity index (χ1) is 9.77. The molecule has 0 heterocycles. The van der Waals surface area contributed by atoms with Crippen molar-refractivity contribution >= 4 is 21.8 Å². The van der Waals surface area contributed by atoms with E-state index in [0.29, 0.717) is 0 Å². The lowest BCUT2D eigenvalue weighted by atomic mass is 10.2. The number of hydrogen-bond acceptors (Lipinski definition) is 5. The Morgan fingerprint density at radius 1 is 1.29 bits per heavy atom. The van der Waals surface area contributed by atoms with E-state index >= 15 is 0 Å². The Morgan fingerprint density at radius 2 is 1.86 bits per heavy atom. The van der Waals surface area contributed by atoms with Gasteiger partial charge in [-0.15, -0.1) is 0 Å². The minimum absolute atomic E-state index is 0.0399. The summed E-state index contributed by atoms with van der Waals surface area (Å²) >= 11 is 0. The second kappa shape index (κ2) is 7.16. The van der Waals surface area contributed by atoms with Crippen LogP contribution >= 0.6 is 0 Å². The van der Waals surface area contributed by atoms with Crippen LogP contribution in [0.3, 0.4) is 0 Å². The van der Waals surface area contributed by atoms with Gasteiger partial charge in [0.05, 0.1) is 11.4 Å². The van der Waals surface area contributed by atoms with Gasteiger partial charge in [0.1, 0.15) is 6.10 Å². The molecule has 0 saturated carbocycles. The highest BCUT2D eigenvalue weighted by Crippen LogP contribution is 2.10. The third-order valence-corrected chi connectivity index (χ3v) is 4.11. The Kier molecular flexibility index (Phi) is 5.82. The largest absolute Gasteiger partial charge is 0.381 e. The van der Waals surface area contributed by atoms with Crippen molar-refractivity contribution in [3.8, 4) is 0 Å². The lowest BCUT2D eigenvalue weighted by molar-refractivity contribution is -0.125. The number of hydrogen-bond donors (Lipinski definition) is 4. The summed E-state index contributed by atoms with van der Waals surface area (Å²) in [5, 5.41) is 11.5. The molecule has 0 radical (unpaired) electrons. The predicted molar refractivity (Wildman–Crippen MR) is 74.8 cm³/mol. The van der Waals surface area contributed by atoms with E-state index in [2.05, 4.69) is 10.0 Å². The van der Waals surface area contributed by atoms with Crippen LogP contribution < -0.4 is 15.8 Å². The maximum Gasteiger partial charge on any atom is 0.251 e. The van der Waals surface area contributed by atoms with Gasteiger partial charge in [-0.25, -0.2) is 13.1 Å². The van der Waals surface area contributed by atoms with Crippen LogP contribution in [0.4, 0.5) is 0 Å². The van der Waals surface area contributed by atoms with Gasteiger partial charge in [0.2, 0.25) is 15.9 Å². The fourth-order valence-corrected chi connectivity index (χ4v) is 2.49. The smallest absolute Gasteiger partial charge is 0.251 e. The van der Waals surface area contributed by atoms with E-state index in [1.54, 1.807) is 6.92 Å². The minimum Gasteiger partial charge on any atom is -0.381 e. The summed E-state index contributed by atoms with van der Waals surface area (Å²) in [6, 6.07) is 5.24. The Morgan fingerprint density at radius 3 is 2.33 bits per heavy atom. The number of carbonyl (C=O) groups excluding carboxylic acids is 2. The van der Waals surface area contributed by atoms with Crippen LogP contribution in [0.25, 0.3) is 0 Å². The zero-order chi connectivity index (χ0) is 16.0. The zero-order valence-corrected chi connectivity index (χ0v) is 12.2. The molecule has 2 amide bonds. The van der Waals surface area contributed by atoms with Crippen LogP contribution in [0, 0.1) is 0 Å². The van der Waals surface area contributed by atoms with Crippen LogP contribution in [0.1, 0.15) is 17.3 Å². The molecule has 0 bridgehead atoms. The monoisotopic (exact) mass is 315 g/mol.